The average molecular weight is 352 g/mol. The lowest BCUT2D eigenvalue weighted by Gasteiger charge is -2.19. The molecule has 0 aliphatic heterocycles. The molecule has 0 radical (unpaired) electrons. The maximum Gasteiger partial charge on any atom is 0.319 e. The second kappa shape index (κ2) is 6.67. The van der Waals surface area contributed by atoms with Crippen molar-refractivity contribution in [2.75, 3.05) is 12.4 Å². The van der Waals surface area contributed by atoms with Gasteiger partial charge in [0.1, 0.15) is 5.52 Å². The number of fused-ring (bicyclic) bond motifs is 1. The van der Waals surface area contributed by atoms with Crippen molar-refractivity contribution in [1.29, 1.82) is 0 Å². The summed E-state index contributed by atoms with van der Waals surface area (Å²) in [5.41, 5.74) is 3.07. The van der Waals surface area contributed by atoms with Crippen LogP contribution in [0.1, 0.15) is 30.3 Å². The molecule has 1 saturated carbocycles. The van der Waals surface area contributed by atoms with Crippen molar-refractivity contribution in [2.24, 2.45) is 5.92 Å². The summed E-state index contributed by atoms with van der Waals surface area (Å²) >= 11 is 0. The number of pyridine rings is 1. The number of oxazole rings is 1. The Morgan fingerprint density at radius 2 is 2.15 bits per heavy atom. The topological polar surface area (TPSA) is 89.3 Å². The predicted molar refractivity (Wildman–Crippen MR) is 97.2 cm³/mol. The van der Waals surface area contributed by atoms with Crippen LogP contribution in [-0.4, -0.2) is 23.1 Å². The largest absolute Gasteiger partial charge is 0.481 e. The first-order chi connectivity index (χ1) is 12.6. The maximum atomic E-state index is 12.5. The van der Waals surface area contributed by atoms with Crippen LogP contribution < -0.4 is 15.4 Å². The van der Waals surface area contributed by atoms with Gasteiger partial charge in [0.15, 0.2) is 11.5 Å². The smallest absolute Gasteiger partial charge is 0.319 e. The number of ether oxygens (including phenoxy) is 1. The zero-order chi connectivity index (χ0) is 18.1. The van der Waals surface area contributed by atoms with Crippen molar-refractivity contribution >= 4 is 22.8 Å². The second-order valence-electron chi connectivity index (χ2n) is 6.46. The van der Waals surface area contributed by atoms with E-state index in [0.717, 1.165) is 23.9 Å². The molecule has 2 amide bonds. The van der Waals surface area contributed by atoms with Crippen LogP contribution in [0.5, 0.6) is 5.88 Å². The highest BCUT2D eigenvalue weighted by molar-refractivity contribution is 5.91. The average Bonchev–Trinajstić information content (AvgIpc) is 3.41. The van der Waals surface area contributed by atoms with Crippen molar-refractivity contribution in [2.45, 2.75) is 25.8 Å². The Balaban J connectivity index is 1.47. The number of nitrogens with one attached hydrogen (secondary N) is 2. The summed E-state index contributed by atoms with van der Waals surface area (Å²) in [6, 6.07) is 8.84. The van der Waals surface area contributed by atoms with Crippen LogP contribution in [0.15, 0.2) is 40.9 Å². The van der Waals surface area contributed by atoms with E-state index < -0.39 is 0 Å². The number of aromatic nitrogens is 2. The fourth-order valence-corrected chi connectivity index (χ4v) is 3.03. The first-order valence-corrected chi connectivity index (χ1v) is 8.57. The number of hydrogen-bond acceptors (Lipinski definition) is 5. The van der Waals surface area contributed by atoms with E-state index in [1.54, 1.807) is 38.4 Å². The van der Waals surface area contributed by atoms with Gasteiger partial charge in [-0.25, -0.2) is 14.8 Å². The monoisotopic (exact) mass is 352 g/mol. The van der Waals surface area contributed by atoms with Crippen molar-refractivity contribution in [3.05, 3.63) is 48.0 Å². The number of anilines is 1. The van der Waals surface area contributed by atoms with Crippen LogP contribution in [0, 0.1) is 12.8 Å². The fraction of sp³-hybridized carbons (Fsp3) is 0.316. The molecule has 2 aromatic heterocycles. The van der Waals surface area contributed by atoms with Crippen LogP contribution in [-0.2, 0) is 0 Å². The molecule has 4 rings (SSSR count). The maximum absolute atomic E-state index is 12.5. The molecule has 0 bridgehead atoms. The van der Waals surface area contributed by atoms with Gasteiger partial charge in [0.2, 0.25) is 5.88 Å². The zero-order valence-corrected chi connectivity index (χ0v) is 14.7. The van der Waals surface area contributed by atoms with Gasteiger partial charge in [0, 0.05) is 24.9 Å². The number of rotatable bonds is 5. The van der Waals surface area contributed by atoms with Gasteiger partial charge in [-0.05, 0) is 42.5 Å². The third kappa shape index (κ3) is 3.46. The van der Waals surface area contributed by atoms with E-state index in [1.165, 1.54) is 0 Å². The lowest BCUT2D eigenvalue weighted by atomic mass is 10.0. The predicted octanol–water partition coefficient (Wildman–Crippen LogP) is 3.81. The first kappa shape index (κ1) is 16.4. The first-order valence-electron chi connectivity index (χ1n) is 8.57. The van der Waals surface area contributed by atoms with Crippen molar-refractivity contribution in [1.82, 2.24) is 15.3 Å². The van der Waals surface area contributed by atoms with E-state index in [-0.39, 0.29) is 12.1 Å². The van der Waals surface area contributed by atoms with Crippen molar-refractivity contribution < 1.29 is 13.9 Å². The molecule has 1 unspecified atom stereocenters. The minimum absolute atomic E-state index is 0.0635. The quantitative estimate of drug-likeness (QED) is 0.729. The molecule has 134 valence electrons. The number of urea groups is 1. The molecule has 1 fully saturated rings. The third-order valence-electron chi connectivity index (χ3n) is 4.46. The molecule has 26 heavy (non-hydrogen) atoms. The molecule has 1 atom stereocenters. The van der Waals surface area contributed by atoms with Crippen molar-refractivity contribution in [3.8, 4) is 5.88 Å². The van der Waals surface area contributed by atoms with Crippen LogP contribution >= 0.6 is 0 Å². The summed E-state index contributed by atoms with van der Waals surface area (Å²) in [4.78, 5) is 21.0. The zero-order valence-electron chi connectivity index (χ0n) is 14.7. The van der Waals surface area contributed by atoms with Gasteiger partial charge in [0.05, 0.1) is 13.2 Å². The molecule has 7 nitrogen and oxygen atoms in total. The number of benzene rings is 1. The fourth-order valence-electron chi connectivity index (χ4n) is 3.03. The van der Waals surface area contributed by atoms with Gasteiger partial charge in [-0.3, -0.25) is 0 Å². The molecule has 1 aliphatic rings. The molecule has 0 spiro atoms. The molecule has 2 heterocycles. The molecule has 1 aromatic carbocycles. The van der Waals surface area contributed by atoms with Crippen LogP contribution in [0.2, 0.25) is 0 Å². The van der Waals surface area contributed by atoms with Gasteiger partial charge in [-0.2, -0.15) is 0 Å². The minimum Gasteiger partial charge on any atom is -0.481 e. The number of amides is 2. The van der Waals surface area contributed by atoms with E-state index in [2.05, 4.69) is 20.6 Å². The SMILES string of the molecule is COc1ccc(C(NC(=O)Nc2ccc3oc(C)nc3c2)C2CC2)cn1. The number of hydrogen-bond donors (Lipinski definition) is 2. The summed E-state index contributed by atoms with van der Waals surface area (Å²) in [6.07, 6.45) is 3.95. The molecule has 0 saturated heterocycles. The van der Waals surface area contributed by atoms with Gasteiger partial charge in [-0.1, -0.05) is 6.07 Å². The molecule has 1 aliphatic carbocycles. The lowest BCUT2D eigenvalue weighted by Crippen LogP contribution is -2.33. The molecule has 7 heteroatoms. The number of aryl methyl sites for hydroxylation is 1. The Labute approximate surface area is 150 Å². The summed E-state index contributed by atoms with van der Waals surface area (Å²) < 4.78 is 10.5. The highest BCUT2D eigenvalue weighted by atomic mass is 16.5. The highest BCUT2D eigenvalue weighted by Crippen LogP contribution is 2.41. The summed E-state index contributed by atoms with van der Waals surface area (Å²) in [6.45, 7) is 1.79. The minimum atomic E-state index is -0.253. The van der Waals surface area contributed by atoms with Gasteiger partial charge >= 0.3 is 6.03 Å². The van der Waals surface area contributed by atoms with E-state index in [4.69, 9.17) is 9.15 Å². The van der Waals surface area contributed by atoms with E-state index in [1.807, 2.05) is 12.1 Å². The number of carbonyl (C=O) groups is 1. The lowest BCUT2D eigenvalue weighted by molar-refractivity contribution is 0.247. The summed E-state index contributed by atoms with van der Waals surface area (Å²) in [5, 5.41) is 5.93. The number of carbonyl (C=O) groups excluding carboxylic acids is 1. The normalized spacial score (nSPS) is 14.8. The van der Waals surface area contributed by atoms with Crippen LogP contribution in [0.3, 0.4) is 0 Å². The highest BCUT2D eigenvalue weighted by Gasteiger charge is 2.33. The van der Waals surface area contributed by atoms with E-state index >= 15 is 0 Å². The Morgan fingerprint density at radius 3 is 2.85 bits per heavy atom. The van der Waals surface area contributed by atoms with Gasteiger partial charge in [-0.15, -0.1) is 0 Å². The van der Waals surface area contributed by atoms with Gasteiger partial charge < -0.3 is 19.8 Å². The molecular weight excluding hydrogens is 332 g/mol. The van der Waals surface area contributed by atoms with Crippen LogP contribution in [0.4, 0.5) is 10.5 Å². The van der Waals surface area contributed by atoms with Crippen LogP contribution in [0.25, 0.3) is 11.1 Å². The summed E-state index contributed by atoms with van der Waals surface area (Å²) in [7, 11) is 1.58. The summed E-state index contributed by atoms with van der Waals surface area (Å²) in [5.74, 6) is 1.60. The Bertz CT molecular complexity index is 932. The second-order valence-corrected chi connectivity index (χ2v) is 6.46. The number of methoxy groups -OCH3 is 1. The van der Waals surface area contributed by atoms with E-state index in [0.29, 0.717) is 29.0 Å². The Morgan fingerprint density at radius 1 is 1.31 bits per heavy atom. The van der Waals surface area contributed by atoms with E-state index in [9.17, 15) is 4.79 Å². The van der Waals surface area contributed by atoms with Crippen molar-refractivity contribution in [3.63, 3.8) is 0 Å². The molecule has 3 aromatic rings. The Kier molecular flexibility index (Phi) is 4.20. The van der Waals surface area contributed by atoms with Gasteiger partial charge in [0.25, 0.3) is 0 Å². The molecule has 2 N–H and O–H groups in total. The molecular formula is C19H20N4O3. The standard InChI is InChI=1S/C19H20N4O3/c1-11-21-15-9-14(6-7-16(15)26-11)22-19(24)23-18(12-3-4-12)13-5-8-17(25-2)20-10-13/h5-10,12,18H,3-4H2,1-2H3,(H2,22,23,24). The number of nitrogens with zero attached hydrogens (tertiary/aromatic N) is 2. The Hall–Kier alpha value is -3.09. The third-order valence-corrected chi connectivity index (χ3v) is 4.46.